The number of halogens is 1. The molecule has 0 fully saturated rings. The fourth-order valence-electron chi connectivity index (χ4n) is 3.46. The first kappa shape index (κ1) is 24.5. The van der Waals surface area contributed by atoms with Crippen LogP contribution in [0.1, 0.15) is 18.9 Å². The van der Waals surface area contributed by atoms with Gasteiger partial charge in [-0.1, -0.05) is 24.3 Å². The normalized spacial score (nSPS) is 13.6. The number of hydrogen-bond acceptors (Lipinski definition) is 7. The molecule has 3 N–H and O–H groups in total. The minimum Gasteiger partial charge on any atom is -0.396 e. The van der Waals surface area contributed by atoms with Crippen molar-refractivity contribution in [2.24, 2.45) is 0 Å². The number of aliphatic hydroxyl groups is 1. The van der Waals surface area contributed by atoms with Gasteiger partial charge in [-0.3, -0.25) is 19.4 Å². The van der Waals surface area contributed by atoms with E-state index in [4.69, 9.17) is 10.3 Å². The van der Waals surface area contributed by atoms with Gasteiger partial charge in [0.05, 0.1) is 17.2 Å². The molecule has 1 atom stereocenters. The lowest BCUT2D eigenvalue weighted by atomic mass is 10.0. The molecule has 0 saturated heterocycles. The number of hydroxylamine groups is 1. The zero-order valence-electron chi connectivity index (χ0n) is 18.1. The maximum absolute atomic E-state index is 14.9. The highest BCUT2D eigenvalue weighted by molar-refractivity contribution is 7.92. The van der Waals surface area contributed by atoms with Gasteiger partial charge >= 0.3 is 0 Å². The average molecular weight is 478 g/mol. The molecule has 1 aromatic heterocycles. The number of amides is 1. The number of aryl methyl sites for hydroxylation is 1. The van der Waals surface area contributed by atoms with Gasteiger partial charge in [0.15, 0.2) is 14.6 Å². The van der Waals surface area contributed by atoms with Crippen molar-refractivity contribution in [1.82, 2.24) is 15.0 Å². The molecule has 0 aliphatic heterocycles. The molecule has 9 nitrogen and oxygen atoms in total. The van der Waals surface area contributed by atoms with Crippen molar-refractivity contribution >= 4 is 26.6 Å². The second kappa shape index (κ2) is 9.38. The molecular formula is C22H24FN3O6S. The predicted octanol–water partition coefficient (Wildman–Crippen LogP) is 1.44. The van der Waals surface area contributed by atoms with E-state index >= 15 is 0 Å². The molecule has 0 bridgehead atoms. The van der Waals surface area contributed by atoms with E-state index < -0.39 is 31.9 Å². The van der Waals surface area contributed by atoms with Crippen molar-refractivity contribution in [3.05, 3.63) is 64.5 Å². The largest absolute Gasteiger partial charge is 0.396 e. The summed E-state index contributed by atoms with van der Waals surface area (Å²) < 4.78 is 38.2. The summed E-state index contributed by atoms with van der Waals surface area (Å²) in [5, 5.41) is 17.9. The number of nitrogens with one attached hydrogen (secondary N) is 1. The number of carbonyl (C=O) groups is 1. The Labute approximate surface area is 189 Å². The van der Waals surface area contributed by atoms with Gasteiger partial charge in [-0.2, -0.15) is 0 Å². The topological polar surface area (TPSA) is 139 Å². The number of carbonyl (C=O) groups excluding carboxylic acids is 1. The molecular weight excluding hydrogens is 453 g/mol. The van der Waals surface area contributed by atoms with Crippen LogP contribution >= 0.6 is 0 Å². The molecule has 0 aliphatic carbocycles. The van der Waals surface area contributed by atoms with Crippen LogP contribution in [0.3, 0.4) is 0 Å². The molecule has 0 aliphatic rings. The summed E-state index contributed by atoms with van der Waals surface area (Å²) in [6, 6.07) is 9.53. The summed E-state index contributed by atoms with van der Waals surface area (Å²) in [5.74, 6) is -1.75. The van der Waals surface area contributed by atoms with Gasteiger partial charge < -0.3 is 5.11 Å². The van der Waals surface area contributed by atoms with Gasteiger partial charge in [0.25, 0.3) is 11.5 Å². The maximum atomic E-state index is 14.9. The number of aromatic nitrogens is 2. The summed E-state index contributed by atoms with van der Waals surface area (Å²) in [6.07, 6.45) is 2.24. The van der Waals surface area contributed by atoms with E-state index in [1.54, 1.807) is 24.3 Å². The van der Waals surface area contributed by atoms with Crippen molar-refractivity contribution < 1.29 is 27.9 Å². The van der Waals surface area contributed by atoms with Crippen LogP contribution in [-0.4, -0.2) is 51.8 Å². The molecule has 33 heavy (non-hydrogen) atoms. The number of hydrogen-bond donors (Lipinski definition) is 3. The smallest absolute Gasteiger partial charge is 0.264 e. The Hall–Kier alpha value is -3.15. The third-order valence-corrected chi connectivity index (χ3v) is 7.83. The van der Waals surface area contributed by atoms with Gasteiger partial charge in [-0.15, -0.1) is 0 Å². The molecule has 176 valence electrons. The van der Waals surface area contributed by atoms with Crippen LogP contribution in [0.25, 0.3) is 22.0 Å². The first-order valence-corrected chi connectivity index (χ1v) is 11.9. The second-order valence-corrected chi connectivity index (χ2v) is 10.4. The van der Waals surface area contributed by atoms with E-state index in [-0.39, 0.29) is 36.0 Å². The fourth-order valence-corrected chi connectivity index (χ4v) is 4.30. The summed E-state index contributed by atoms with van der Waals surface area (Å²) in [6.45, 7) is 0.952. The summed E-state index contributed by atoms with van der Waals surface area (Å²) in [5.41, 5.74) is 2.75. The molecule has 1 amide bonds. The van der Waals surface area contributed by atoms with Gasteiger partial charge in [-0.25, -0.2) is 23.3 Å². The number of aliphatic hydroxyl groups excluding tert-OH is 1. The third kappa shape index (κ3) is 4.80. The van der Waals surface area contributed by atoms with Crippen molar-refractivity contribution in [3.8, 4) is 11.1 Å². The van der Waals surface area contributed by atoms with E-state index in [1.807, 2.05) is 0 Å². The highest BCUT2D eigenvalue weighted by Gasteiger charge is 2.43. The Balaban J connectivity index is 1.96. The summed E-state index contributed by atoms with van der Waals surface area (Å²) in [7, 11) is -3.93. The number of sulfone groups is 1. The SMILES string of the molecule is C[C@](CCn1cnc2cc(-c3ccc(CCO)cc3)c(F)cc2c1=O)(C(=O)NO)S(C)(=O)=O. The number of fused-ring (bicyclic) bond motifs is 1. The zero-order chi connectivity index (χ0) is 24.4. The van der Waals surface area contributed by atoms with E-state index in [0.29, 0.717) is 12.0 Å². The van der Waals surface area contributed by atoms with E-state index in [9.17, 15) is 22.4 Å². The van der Waals surface area contributed by atoms with Gasteiger partial charge in [0.1, 0.15) is 5.82 Å². The van der Waals surface area contributed by atoms with Crippen molar-refractivity contribution in [3.63, 3.8) is 0 Å². The monoisotopic (exact) mass is 477 g/mol. The van der Waals surface area contributed by atoms with Crippen molar-refractivity contribution in [2.75, 3.05) is 12.9 Å². The summed E-state index contributed by atoms with van der Waals surface area (Å²) >= 11 is 0. The molecule has 0 radical (unpaired) electrons. The van der Waals surface area contributed by atoms with Crippen LogP contribution in [-0.2, 0) is 27.6 Å². The molecule has 3 aromatic rings. The van der Waals surface area contributed by atoms with E-state index in [2.05, 4.69) is 4.98 Å². The van der Waals surface area contributed by atoms with Crippen molar-refractivity contribution in [2.45, 2.75) is 31.1 Å². The van der Waals surface area contributed by atoms with Gasteiger partial charge in [0.2, 0.25) is 0 Å². The van der Waals surface area contributed by atoms with Crippen LogP contribution in [0.4, 0.5) is 4.39 Å². The quantitative estimate of drug-likeness (QED) is 0.330. The molecule has 1 heterocycles. The number of nitrogens with zero attached hydrogens (tertiary/aromatic N) is 2. The zero-order valence-corrected chi connectivity index (χ0v) is 18.9. The van der Waals surface area contributed by atoms with Crippen LogP contribution < -0.4 is 11.0 Å². The van der Waals surface area contributed by atoms with Gasteiger partial charge in [0, 0.05) is 25.0 Å². The molecule has 2 aromatic carbocycles. The Morgan fingerprint density at radius 3 is 2.48 bits per heavy atom. The van der Waals surface area contributed by atoms with E-state index in [1.165, 1.54) is 17.9 Å². The third-order valence-electron chi connectivity index (χ3n) is 5.81. The Morgan fingerprint density at radius 2 is 1.91 bits per heavy atom. The van der Waals surface area contributed by atoms with Crippen LogP contribution in [0.15, 0.2) is 47.5 Å². The minimum atomic E-state index is -3.93. The first-order chi connectivity index (χ1) is 15.5. The lowest BCUT2D eigenvalue weighted by Gasteiger charge is -2.25. The molecule has 0 unspecified atom stereocenters. The van der Waals surface area contributed by atoms with E-state index in [0.717, 1.165) is 29.4 Å². The van der Waals surface area contributed by atoms with Crippen molar-refractivity contribution in [1.29, 1.82) is 0 Å². The Bertz CT molecular complexity index is 1360. The standard InChI is InChI=1S/C22H24FN3O6S/c1-22(21(29)25-30,33(2,31)32)8-9-26-13-24-19-12-16(18(23)11-17(19)20(26)28)15-5-3-14(4-6-15)7-10-27/h3-6,11-13,27,30H,7-10H2,1-2H3,(H,25,29)/t22-/m0/s1. The summed E-state index contributed by atoms with van der Waals surface area (Å²) in [4.78, 5) is 29.1. The van der Waals surface area contributed by atoms with Crippen LogP contribution in [0.5, 0.6) is 0 Å². The van der Waals surface area contributed by atoms with Crippen LogP contribution in [0, 0.1) is 5.82 Å². The fraction of sp³-hybridized carbons (Fsp3) is 0.318. The second-order valence-electron chi connectivity index (χ2n) is 7.96. The molecule has 0 saturated carbocycles. The number of rotatable bonds is 8. The Morgan fingerprint density at radius 1 is 1.24 bits per heavy atom. The molecule has 0 spiro atoms. The Kier molecular flexibility index (Phi) is 6.96. The highest BCUT2D eigenvalue weighted by atomic mass is 32.2. The van der Waals surface area contributed by atoms with Crippen LogP contribution in [0.2, 0.25) is 0 Å². The molecule has 11 heteroatoms. The maximum Gasteiger partial charge on any atom is 0.264 e. The van der Waals surface area contributed by atoms with Gasteiger partial charge in [-0.05, 0) is 43.0 Å². The highest BCUT2D eigenvalue weighted by Crippen LogP contribution is 2.27. The predicted molar refractivity (Wildman–Crippen MR) is 120 cm³/mol. The lowest BCUT2D eigenvalue weighted by molar-refractivity contribution is -0.131. The lowest BCUT2D eigenvalue weighted by Crippen LogP contribution is -2.50. The number of benzene rings is 2. The molecule has 3 rings (SSSR count). The minimum absolute atomic E-state index is 0.00307. The first-order valence-electron chi connectivity index (χ1n) is 10.0. The average Bonchev–Trinajstić information content (AvgIpc) is 2.78.